The summed E-state index contributed by atoms with van der Waals surface area (Å²) in [6, 6.07) is 10.8. The molecule has 0 aliphatic rings. The third kappa shape index (κ3) is 6.34. The minimum atomic E-state index is -0.497. The van der Waals surface area contributed by atoms with E-state index in [9.17, 15) is 14.9 Å². The molecular formula is C17H15Cl2N3O4. The minimum absolute atomic E-state index is 0.0433. The monoisotopic (exact) mass is 395 g/mol. The Morgan fingerprint density at radius 2 is 2.08 bits per heavy atom. The first-order valence-electron chi connectivity index (χ1n) is 7.60. The van der Waals surface area contributed by atoms with Crippen LogP contribution in [0.1, 0.15) is 18.4 Å². The quantitative estimate of drug-likeness (QED) is 0.313. The van der Waals surface area contributed by atoms with Gasteiger partial charge in [0, 0.05) is 29.1 Å². The summed E-state index contributed by atoms with van der Waals surface area (Å²) in [6.07, 6.45) is 2.02. The molecule has 0 unspecified atom stereocenters. The number of ether oxygens (including phenoxy) is 1. The summed E-state index contributed by atoms with van der Waals surface area (Å²) in [4.78, 5) is 21.9. The van der Waals surface area contributed by atoms with Crippen LogP contribution in [0.2, 0.25) is 10.0 Å². The molecule has 2 aromatic carbocycles. The Bertz CT molecular complexity index is 827. The molecule has 136 valence electrons. The van der Waals surface area contributed by atoms with E-state index in [0.29, 0.717) is 34.4 Å². The molecule has 0 aliphatic carbocycles. The molecule has 0 atom stereocenters. The van der Waals surface area contributed by atoms with Crippen LogP contribution in [0, 0.1) is 10.1 Å². The lowest BCUT2D eigenvalue weighted by atomic mass is 10.2. The summed E-state index contributed by atoms with van der Waals surface area (Å²) in [5, 5.41) is 15.4. The topological polar surface area (TPSA) is 93.8 Å². The zero-order chi connectivity index (χ0) is 18.9. The number of benzene rings is 2. The van der Waals surface area contributed by atoms with E-state index in [1.54, 1.807) is 30.3 Å². The Kier molecular flexibility index (Phi) is 7.37. The number of nitro benzene ring substituents is 1. The van der Waals surface area contributed by atoms with Gasteiger partial charge in [-0.2, -0.15) is 5.10 Å². The summed E-state index contributed by atoms with van der Waals surface area (Å²) < 4.78 is 5.48. The van der Waals surface area contributed by atoms with Gasteiger partial charge in [0.25, 0.3) is 5.69 Å². The molecule has 2 rings (SSSR count). The van der Waals surface area contributed by atoms with Crippen LogP contribution in [0.3, 0.4) is 0 Å². The average Bonchev–Trinajstić information content (AvgIpc) is 2.60. The predicted molar refractivity (Wildman–Crippen MR) is 100 cm³/mol. The van der Waals surface area contributed by atoms with Crippen molar-refractivity contribution in [2.24, 2.45) is 5.10 Å². The molecule has 9 heteroatoms. The summed E-state index contributed by atoms with van der Waals surface area (Å²) in [7, 11) is 0. The van der Waals surface area contributed by atoms with Crippen LogP contribution >= 0.6 is 23.2 Å². The van der Waals surface area contributed by atoms with Gasteiger partial charge in [-0.1, -0.05) is 35.3 Å². The number of nitro groups is 1. The highest BCUT2D eigenvalue weighted by Gasteiger charge is 2.05. The smallest absolute Gasteiger partial charge is 0.270 e. The standard InChI is InChI=1S/C17H15Cl2N3O4/c18-13-6-7-16(15(19)10-13)26-8-2-5-17(23)21-20-11-12-3-1-4-14(9-12)22(24)25/h1,3-4,6-7,9-11H,2,5,8H2,(H,21,23)/b20-11-. The van der Waals surface area contributed by atoms with E-state index in [1.807, 2.05) is 0 Å². The number of hydrazone groups is 1. The third-order valence-corrected chi connectivity index (χ3v) is 3.71. The van der Waals surface area contributed by atoms with E-state index in [2.05, 4.69) is 10.5 Å². The van der Waals surface area contributed by atoms with Crippen molar-refractivity contribution in [2.45, 2.75) is 12.8 Å². The second-order valence-corrected chi connectivity index (χ2v) is 6.02. The first kappa shape index (κ1) is 19.7. The van der Waals surface area contributed by atoms with Gasteiger partial charge in [0.05, 0.1) is 22.8 Å². The summed E-state index contributed by atoms with van der Waals surface area (Å²) in [5.41, 5.74) is 2.83. The SMILES string of the molecule is O=C(CCCOc1ccc(Cl)cc1Cl)N/N=C\c1cccc([N+](=O)[O-])c1. The van der Waals surface area contributed by atoms with E-state index in [0.717, 1.165) is 0 Å². The summed E-state index contributed by atoms with van der Waals surface area (Å²) in [5.74, 6) is 0.206. The highest BCUT2D eigenvalue weighted by molar-refractivity contribution is 6.35. The molecule has 0 saturated carbocycles. The number of hydrogen-bond acceptors (Lipinski definition) is 5. The lowest BCUT2D eigenvalue weighted by Gasteiger charge is -2.07. The Balaban J connectivity index is 1.72. The highest BCUT2D eigenvalue weighted by Crippen LogP contribution is 2.27. The number of rotatable bonds is 8. The van der Waals surface area contributed by atoms with Gasteiger partial charge >= 0.3 is 0 Å². The van der Waals surface area contributed by atoms with Gasteiger partial charge in [-0.05, 0) is 24.6 Å². The number of carbonyl (C=O) groups excluding carboxylic acids is 1. The molecule has 0 aliphatic heterocycles. The van der Waals surface area contributed by atoms with Gasteiger partial charge in [-0.15, -0.1) is 0 Å². The van der Waals surface area contributed by atoms with E-state index < -0.39 is 4.92 Å². The largest absolute Gasteiger partial charge is 0.492 e. The van der Waals surface area contributed by atoms with Crippen LogP contribution in [0.25, 0.3) is 0 Å². The number of halogens is 2. The molecule has 0 spiro atoms. The summed E-state index contributed by atoms with van der Waals surface area (Å²) in [6.45, 7) is 0.309. The Morgan fingerprint density at radius 3 is 2.81 bits per heavy atom. The van der Waals surface area contributed by atoms with Crippen molar-refractivity contribution in [1.82, 2.24) is 5.43 Å². The maximum Gasteiger partial charge on any atom is 0.270 e. The number of non-ortho nitro benzene ring substituents is 1. The van der Waals surface area contributed by atoms with Crippen LogP contribution < -0.4 is 10.2 Å². The lowest BCUT2D eigenvalue weighted by Crippen LogP contribution is -2.18. The van der Waals surface area contributed by atoms with Crippen LogP contribution in [0.4, 0.5) is 5.69 Å². The number of amides is 1. The van der Waals surface area contributed by atoms with Crippen LogP contribution in [0.15, 0.2) is 47.6 Å². The minimum Gasteiger partial charge on any atom is -0.492 e. The molecule has 0 aromatic heterocycles. The molecule has 0 heterocycles. The van der Waals surface area contributed by atoms with Crippen molar-refractivity contribution in [3.05, 3.63) is 68.2 Å². The zero-order valence-electron chi connectivity index (χ0n) is 13.5. The van der Waals surface area contributed by atoms with Crippen molar-refractivity contribution in [2.75, 3.05) is 6.61 Å². The van der Waals surface area contributed by atoms with Crippen LogP contribution in [-0.4, -0.2) is 23.7 Å². The van der Waals surface area contributed by atoms with Gasteiger partial charge < -0.3 is 4.74 Å². The Morgan fingerprint density at radius 1 is 1.27 bits per heavy atom. The first-order valence-corrected chi connectivity index (χ1v) is 8.35. The second kappa shape index (κ2) is 9.74. The Hall–Kier alpha value is -2.64. The van der Waals surface area contributed by atoms with Crippen molar-refractivity contribution >= 4 is 41.0 Å². The van der Waals surface area contributed by atoms with Crippen molar-refractivity contribution in [3.8, 4) is 5.75 Å². The molecule has 7 nitrogen and oxygen atoms in total. The molecule has 2 aromatic rings. The van der Waals surface area contributed by atoms with Crippen molar-refractivity contribution in [1.29, 1.82) is 0 Å². The van der Waals surface area contributed by atoms with Gasteiger partial charge in [-0.25, -0.2) is 5.43 Å². The molecule has 0 radical (unpaired) electrons. The van der Waals surface area contributed by atoms with E-state index in [4.69, 9.17) is 27.9 Å². The number of nitrogens with zero attached hydrogens (tertiary/aromatic N) is 2. The molecule has 0 saturated heterocycles. The third-order valence-electron chi connectivity index (χ3n) is 3.18. The number of nitrogens with one attached hydrogen (secondary N) is 1. The molecule has 1 N–H and O–H groups in total. The maximum absolute atomic E-state index is 11.7. The maximum atomic E-state index is 11.7. The van der Waals surface area contributed by atoms with Gasteiger partial charge in [0.2, 0.25) is 5.91 Å². The van der Waals surface area contributed by atoms with Crippen molar-refractivity contribution < 1.29 is 14.5 Å². The fourth-order valence-corrected chi connectivity index (χ4v) is 2.42. The van der Waals surface area contributed by atoms with Crippen molar-refractivity contribution in [3.63, 3.8) is 0 Å². The van der Waals surface area contributed by atoms with Gasteiger partial charge in [-0.3, -0.25) is 14.9 Å². The van der Waals surface area contributed by atoms with Gasteiger partial charge in [0.1, 0.15) is 5.75 Å². The fourth-order valence-electron chi connectivity index (χ4n) is 1.96. The zero-order valence-corrected chi connectivity index (χ0v) is 15.0. The average molecular weight is 396 g/mol. The summed E-state index contributed by atoms with van der Waals surface area (Å²) >= 11 is 11.8. The van der Waals surface area contributed by atoms with E-state index >= 15 is 0 Å². The highest BCUT2D eigenvalue weighted by atomic mass is 35.5. The van der Waals surface area contributed by atoms with Gasteiger partial charge in [0.15, 0.2) is 0 Å². The van der Waals surface area contributed by atoms with Crippen LogP contribution in [0.5, 0.6) is 5.75 Å². The lowest BCUT2D eigenvalue weighted by molar-refractivity contribution is -0.384. The second-order valence-electron chi connectivity index (χ2n) is 5.17. The molecule has 1 amide bonds. The van der Waals surface area contributed by atoms with Crippen LogP contribution in [-0.2, 0) is 4.79 Å². The Labute approximate surface area is 159 Å². The molecule has 26 heavy (non-hydrogen) atoms. The number of hydrogen-bond donors (Lipinski definition) is 1. The predicted octanol–water partition coefficient (Wildman–Crippen LogP) is 4.21. The van der Waals surface area contributed by atoms with E-state index in [-0.39, 0.29) is 18.0 Å². The number of carbonyl (C=O) groups is 1. The molecule has 0 bridgehead atoms. The first-order chi connectivity index (χ1) is 12.5. The fraction of sp³-hybridized carbons (Fsp3) is 0.176. The molecule has 0 fully saturated rings. The molecular weight excluding hydrogens is 381 g/mol. The van der Waals surface area contributed by atoms with E-state index in [1.165, 1.54) is 18.3 Å². The normalized spacial score (nSPS) is 10.7.